The molecule has 0 N–H and O–H groups in total. The van der Waals surface area contributed by atoms with Crippen LogP contribution < -0.4 is 10.1 Å². The highest BCUT2D eigenvalue weighted by Crippen LogP contribution is 2.23. The van der Waals surface area contributed by atoms with E-state index in [1.165, 1.54) is 0 Å². The third-order valence-corrected chi connectivity index (χ3v) is 2.95. The average Bonchev–Trinajstić information content (AvgIpc) is 2.43. The second-order valence-corrected chi connectivity index (χ2v) is 4.67. The first-order valence-corrected chi connectivity index (χ1v) is 6.35. The van der Waals surface area contributed by atoms with Crippen molar-refractivity contribution in [1.82, 2.24) is 0 Å². The quantitative estimate of drug-likeness (QED) is 0.617. The zero-order valence-corrected chi connectivity index (χ0v) is 11.5. The SMILES string of the molecule is Cc1ccc(N([O-])Oc2ccc(C)cc2CC=O)cc1. The van der Waals surface area contributed by atoms with E-state index < -0.39 is 0 Å². The van der Waals surface area contributed by atoms with Gasteiger partial charge in [0, 0.05) is 12.0 Å². The molecule has 2 rings (SSSR count). The number of aryl methyl sites for hydroxylation is 2. The zero-order chi connectivity index (χ0) is 14.5. The van der Waals surface area contributed by atoms with Gasteiger partial charge in [-0.3, -0.25) is 5.23 Å². The van der Waals surface area contributed by atoms with Crippen LogP contribution in [0.3, 0.4) is 0 Å². The molecule has 0 aliphatic heterocycles. The fourth-order valence-corrected chi connectivity index (χ4v) is 1.86. The Bertz CT molecular complexity index is 593. The molecule has 4 nitrogen and oxygen atoms in total. The van der Waals surface area contributed by atoms with E-state index in [4.69, 9.17) is 4.84 Å². The summed E-state index contributed by atoms with van der Waals surface area (Å²) in [6, 6.07) is 12.4. The van der Waals surface area contributed by atoms with E-state index in [0.29, 0.717) is 22.2 Å². The van der Waals surface area contributed by atoms with E-state index in [0.717, 1.165) is 17.4 Å². The molecule has 0 radical (unpaired) electrons. The molecule has 2 aromatic carbocycles. The molecular formula is C16H16NO3-. The minimum atomic E-state index is 0.221. The summed E-state index contributed by atoms with van der Waals surface area (Å²) in [6.45, 7) is 3.87. The molecular weight excluding hydrogens is 254 g/mol. The Morgan fingerprint density at radius 3 is 2.40 bits per heavy atom. The van der Waals surface area contributed by atoms with Crippen molar-refractivity contribution < 1.29 is 9.63 Å². The molecule has 0 amide bonds. The first-order chi connectivity index (χ1) is 9.60. The van der Waals surface area contributed by atoms with Crippen molar-refractivity contribution >= 4 is 12.0 Å². The van der Waals surface area contributed by atoms with E-state index in [1.807, 2.05) is 38.1 Å². The maximum Gasteiger partial charge on any atom is 0.157 e. The molecule has 0 spiro atoms. The van der Waals surface area contributed by atoms with Crippen LogP contribution in [0.15, 0.2) is 42.5 Å². The second kappa shape index (κ2) is 6.21. The fraction of sp³-hybridized carbons (Fsp3) is 0.188. The van der Waals surface area contributed by atoms with Crippen molar-refractivity contribution in [3.05, 3.63) is 64.4 Å². The third kappa shape index (κ3) is 3.36. The van der Waals surface area contributed by atoms with Gasteiger partial charge in [-0.05, 0) is 32.0 Å². The van der Waals surface area contributed by atoms with Crippen molar-refractivity contribution in [2.75, 3.05) is 5.23 Å². The van der Waals surface area contributed by atoms with E-state index in [-0.39, 0.29) is 6.42 Å². The van der Waals surface area contributed by atoms with Crippen molar-refractivity contribution in [1.29, 1.82) is 0 Å². The lowest BCUT2D eigenvalue weighted by atomic mass is 10.1. The maximum atomic E-state index is 12.0. The maximum absolute atomic E-state index is 12.0. The van der Waals surface area contributed by atoms with Gasteiger partial charge < -0.3 is 14.8 Å². The number of nitrogens with zero attached hydrogens (tertiary/aromatic N) is 1. The third-order valence-electron chi connectivity index (χ3n) is 2.95. The molecule has 0 unspecified atom stereocenters. The van der Waals surface area contributed by atoms with E-state index in [9.17, 15) is 10.0 Å². The number of anilines is 1. The highest BCUT2D eigenvalue weighted by molar-refractivity contribution is 5.58. The fourth-order valence-electron chi connectivity index (χ4n) is 1.86. The summed E-state index contributed by atoms with van der Waals surface area (Å²) in [6.07, 6.45) is 1.02. The topological polar surface area (TPSA) is 52.6 Å². The normalized spacial score (nSPS) is 10.2. The predicted molar refractivity (Wildman–Crippen MR) is 78.6 cm³/mol. The predicted octanol–water partition coefficient (Wildman–Crippen LogP) is 3.34. The standard InChI is InChI=1S/C16H16NO3/c1-12-3-6-15(7-4-12)17(19)20-16-8-5-13(2)11-14(16)9-10-18/h3-8,10-11H,9H2,1-2H3/q-1. The lowest BCUT2D eigenvalue weighted by Crippen LogP contribution is -2.20. The van der Waals surface area contributed by atoms with Gasteiger partial charge in [-0.1, -0.05) is 35.4 Å². The average molecular weight is 270 g/mol. The number of carbonyl (C=O) groups excluding carboxylic acids is 1. The van der Waals surface area contributed by atoms with Crippen LogP contribution >= 0.6 is 0 Å². The van der Waals surface area contributed by atoms with Gasteiger partial charge in [-0.15, -0.1) is 0 Å². The molecule has 0 aromatic heterocycles. The molecule has 0 bridgehead atoms. The van der Waals surface area contributed by atoms with Gasteiger partial charge in [0.1, 0.15) is 6.29 Å². The van der Waals surface area contributed by atoms with Gasteiger partial charge in [-0.25, -0.2) is 0 Å². The molecule has 0 aliphatic carbocycles. The van der Waals surface area contributed by atoms with Gasteiger partial charge in [0.25, 0.3) is 0 Å². The van der Waals surface area contributed by atoms with E-state index >= 15 is 0 Å². The molecule has 104 valence electrons. The first kappa shape index (κ1) is 14.1. The molecule has 0 heterocycles. The number of carbonyl (C=O) groups is 1. The smallest absolute Gasteiger partial charge is 0.157 e. The van der Waals surface area contributed by atoms with Crippen LogP contribution in [-0.2, 0) is 11.2 Å². The van der Waals surface area contributed by atoms with Crippen molar-refractivity contribution in [3.63, 3.8) is 0 Å². The lowest BCUT2D eigenvalue weighted by molar-refractivity contribution is -0.107. The monoisotopic (exact) mass is 270 g/mol. The number of aldehydes is 1. The van der Waals surface area contributed by atoms with Crippen LogP contribution in [0.5, 0.6) is 5.75 Å². The Hall–Kier alpha value is -2.33. The Morgan fingerprint density at radius 2 is 1.75 bits per heavy atom. The second-order valence-electron chi connectivity index (χ2n) is 4.67. The zero-order valence-electron chi connectivity index (χ0n) is 11.5. The van der Waals surface area contributed by atoms with Crippen molar-refractivity contribution in [2.24, 2.45) is 0 Å². The highest BCUT2D eigenvalue weighted by atomic mass is 16.9. The minimum Gasteiger partial charge on any atom is -0.724 e. The number of hydrogen-bond acceptors (Lipinski definition) is 4. The van der Waals surface area contributed by atoms with Gasteiger partial charge in [0.2, 0.25) is 0 Å². The molecule has 0 saturated carbocycles. The molecule has 0 fully saturated rings. The van der Waals surface area contributed by atoms with Gasteiger partial charge in [0.15, 0.2) is 5.75 Å². The van der Waals surface area contributed by atoms with Crippen LogP contribution in [-0.4, -0.2) is 6.29 Å². The molecule has 2 aromatic rings. The number of rotatable bonds is 5. The Labute approximate surface area is 118 Å². The number of benzene rings is 2. The van der Waals surface area contributed by atoms with E-state index in [1.54, 1.807) is 18.2 Å². The van der Waals surface area contributed by atoms with Gasteiger partial charge >= 0.3 is 0 Å². The van der Waals surface area contributed by atoms with Crippen LogP contribution in [0.1, 0.15) is 16.7 Å². The summed E-state index contributed by atoms with van der Waals surface area (Å²) in [7, 11) is 0. The van der Waals surface area contributed by atoms with Gasteiger partial charge in [0.05, 0.1) is 5.69 Å². The molecule has 0 atom stereocenters. The van der Waals surface area contributed by atoms with Crippen molar-refractivity contribution in [3.8, 4) is 5.75 Å². The summed E-state index contributed by atoms with van der Waals surface area (Å²) in [4.78, 5) is 16.0. The first-order valence-electron chi connectivity index (χ1n) is 6.35. The summed E-state index contributed by atoms with van der Waals surface area (Å²) >= 11 is 0. The largest absolute Gasteiger partial charge is 0.724 e. The Morgan fingerprint density at radius 1 is 1.10 bits per heavy atom. The van der Waals surface area contributed by atoms with Crippen LogP contribution in [0.4, 0.5) is 5.69 Å². The summed E-state index contributed by atoms with van der Waals surface area (Å²) in [5.74, 6) is 0.401. The van der Waals surface area contributed by atoms with Gasteiger partial charge in [-0.2, -0.15) is 0 Å². The molecule has 4 heteroatoms. The van der Waals surface area contributed by atoms with Crippen LogP contribution in [0.25, 0.3) is 0 Å². The van der Waals surface area contributed by atoms with Crippen LogP contribution in [0, 0.1) is 19.1 Å². The summed E-state index contributed by atoms with van der Waals surface area (Å²) in [5.41, 5.74) is 3.20. The number of hydrogen-bond donors (Lipinski definition) is 0. The Kier molecular flexibility index (Phi) is 4.38. The molecule has 0 aliphatic rings. The summed E-state index contributed by atoms with van der Waals surface area (Å²) < 4.78 is 0. The van der Waals surface area contributed by atoms with Crippen molar-refractivity contribution in [2.45, 2.75) is 20.3 Å². The highest BCUT2D eigenvalue weighted by Gasteiger charge is 2.06. The minimum absolute atomic E-state index is 0.221. The summed E-state index contributed by atoms with van der Waals surface area (Å²) in [5, 5.41) is 12.4. The Balaban J connectivity index is 2.20. The van der Waals surface area contributed by atoms with Crippen LogP contribution in [0.2, 0.25) is 0 Å². The molecule has 20 heavy (non-hydrogen) atoms. The van der Waals surface area contributed by atoms with E-state index in [2.05, 4.69) is 0 Å². The molecule has 0 saturated heterocycles. The lowest BCUT2D eigenvalue weighted by Gasteiger charge is -2.30.